The Labute approximate surface area is 161 Å². The van der Waals surface area contributed by atoms with Gasteiger partial charge in [-0.25, -0.2) is 4.79 Å². The molecule has 138 valence electrons. The van der Waals surface area contributed by atoms with Gasteiger partial charge in [0.15, 0.2) is 0 Å². The van der Waals surface area contributed by atoms with E-state index in [0.717, 1.165) is 15.9 Å². The monoisotopic (exact) mass is 376 g/mol. The van der Waals surface area contributed by atoms with Crippen molar-refractivity contribution < 1.29 is 9.53 Å². The summed E-state index contributed by atoms with van der Waals surface area (Å²) in [5.41, 5.74) is 3.59. The van der Waals surface area contributed by atoms with Gasteiger partial charge in [-0.1, -0.05) is 89.5 Å². The minimum Gasteiger partial charge on any atom is -0.466 e. The van der Waals surface area contributed by atoms with Gasteiger partial charge in [0.25, 0.3) is 0 Å². The molecule has 0 amide bonds. The van der Waals surface area contributed by atoms with E-state index in [2.05, 4.69) is 93.6 Å². The molecule has 3 heteroatoms. The van der Waals surface area contributed by atoms with E-state index < -0.39 is 6.89 Å². The van der Waals surface area contributed by atoms with E-state index in [1.165, 1.54) is 23.8 Å². The molecular weight excluding hydrogens is 351 g/mol. The summed E-state index contributed by atoms with van der Waals surface area (Å²) in [4.78, 5) is 12.5. The summed E-state index contributed by atoms with van der Waals surface area (Å²) in [6.07, 6.45) is 0. The molecule has 0 bridgehead atoms. The Kier molecular flexibility index (Phi) is 5.68. The van der Waals surface area contributed by atoms with Crippen LogP contribution in [-0.4, -0.2) is 18.9 Å². The number of hydrogen-bond acceptors (Lipinski definition) is 2. The Balaban J connectivity index is 2.42. The van der Waals surface area contributed by atoms with Gasteiger partial charge in [-0.3, -0.25) is 0 Å². The molecule has 2 nitrogen and oxygen atoms in total. The number of ether oxygens (including phenoxy) is 1. The SMILES string of the molecule is COC(=O)C=P(c1ccc(C)cc1)(c1ccc(C)cc1)c1ccc(C)cc1. The number of aryl methyl sites for hydroxylation is 3. The Morgan fingerprint density at radius 2 is 0.963 bits per heavy atom. The molecule has 0 atom stereocenters. The van der Waals surface area contributed by atoms with Crippen LogP contribution in [0.4, 0.5) is 0 Å². The van der Waals surface area contributed by atoms with E-state index >= 15 is 0 Å². The van der Waals surface area contributed by atoms with Crippen molar-refractivity contribution in [1.29, 1.82) is 0 Å². The summed E-state index contributed by atoms with van der Waals surface area (Å²) >= 11 is 0. The zero-order valence-electron chi connectivity index (χ0n) is 16.3. The molecule has 0 spiro atoms. The molecule has 0 saturated heterocycles. The van der Waals surface area contributed by atoms with Crippen LogP contribution >= 0.6 is 6.89 Å². The Bertz CT molecular complexity index is 864. The molecule has 0 unspecified atom stereocenters. The van der Waals surface area contributed by atoms with Crippen molar-refractivity contribution in [2.45, 2.75) is 20.8 Å². The summed E-state index contributed by atoms with van der Waals surface area (Å²) < 4.78 is 5.07. The lowest BCUT2D eigenvalue weighted by Gasteiger charge is -2.28. The van der Waals surface area contributed by atoms with Crippen LogP contribution in [0.15, 0.2) is 72.8 Å². The van der Waals surface area contributed by atoms with Gasteiger partial charge in [0.05, 0.1) is 7.11 Å². The van der Waals surface area contributed by atoms with Crippen molar-refractivity contribution in [3.05, 3.63) is 89.5 Å². The fourth-order valence-electron chi connectivity index (χ4n) is 3.22. The molecule has 0 aliphatic rings. The Morgan fingerprint density at radius 3 is 1.22 bits per heavy atom. The molecule has 27 heavy (non-hydrogen) atoms. The minimum absolute atomic E-state index is 0.301. The van der Waals surface area contributed by atoms with Crippen LogP contribution in [-0.2, 0) is 9.53 Å². The highest BCUT2D eigenvalue weighted by atomic mass is 31.2. The molecule has 3 aromatic rings. The average Bonchev–Trinajstić information content (AvgIpc) is 2.68. The summed E-state index contributed by atoms with van der Waals surface area (Å²) in [6, 6.07) is 25.5. The summed E-state index contributed by atoms with van der Waals surface area (Å²) in [5.74, 6) is 1.50. The summed E-state index contributed by atoms with van der Waals surface area (Å²) in [6.45, 7) is 3.94. The topological polar surface area (TPSA) is 26.3 Å². The highest BCUT2D eigenvalue weighted by molar-refractivity contribution is 7.95. The quantitative estimate of drug-likeness (QED) is 0.510. The second kappa shape index (κ2) is 7.98. The van der Waals surface area contributed by atoms with Crippen molar-refractivity contribution in [3.8, 4) is 0 Å². The van der Waals surface area contributed by atoms with Crippen molar-refractivity contribution in [2.24, 2.45) is 0 Å². The number of rotatable bonds is 4. The molecule has 0 radical (unpaired) electrons. The van der Waals surface area contributed by atoms with Crippen LogP contribution in [0, 0.1) is 20.8 Å². The van der Waals surface area contributed by atoms with E-state index in [9.17, 15) is 4.79 Å². The number of benzene rings is 3. The Morgan fingerprint density at radius 1 is 0.667 bits per heavy atom. The molecule has 0 saturated carbocycles. The zero-order chi connectivity index (χ0) is 19.4. The van der Waals surface area contributed by atoms with Crippen LogP contribution in [0.2, 0.25) is 0 Å². The first kappa shape index (κ1) is 19.2. The molecule has 3 aromatic carbocycles. The maximum Gasteiger partial charge on any atom is 0.331 e. The van der Waals surface area contributed by atoms with Gasteiger partial charge in [0.1, 0.15) is 0 Å². The normalized spacial score (nSPS) is 11.1. The van der Waals surface area contributed by atoms with E-state index in [0.29, 0.717) is 0 Å². The fraction of sp³-hybridized carbons (Fsp3) is 0.167. The van der Waals surface area contributed by atoms with Crippen molar-refractivity contribution in [3.63, 3.8) is 0 Å². The number of carbonyl (C=O) groups excluding carboxylic acids is 1. The van der Waals surface area contributed by atoms with Crippen LogP contribution < -0.4 is 15.9 Å². The molecule has 0 N–H and O–H groups in total. The number of esters is 1. The highest BCUT2D eigenvalue weighted by Gasteiger charge is 2.26. The molecule has 0 fully saturated rings. The lowest BCUT2D eigenvalue weighted by Crippen LogP contribution is -2.29. The van der Waals surface area contributed by atoms with Gasteiger partial charge >= 0.3 is 5.97 Å². The van der Waals surface area contributed by atoms with Crippen LogP contribution in [0.1, 0.15) is 16.7 Å². The molecular formula is C24H25O2P. The van der Waals surface area contributed by atoms with Gasteiger partial charge < -0.3 is 4.74 Å². The van der Waals surface area contributed by atoms with Crippen LogP contribution in [0.25, 0.3) is 0 Å². The second-order valence-corrected chi connectivity index (χ2v) is 10.1. The van der Waals surface area contributed by atoms with E-state index in [-0.39, 0.29) is 5.97 Å². The third kappa shape index (κ3) is 3.91. The van der Waals surface area contributed by atoms with Crippen molar-refractivity contribution >= 4 is 34.6 Å². The minimum atomic E-state index is -2.28. The molecule has 0 aliphatic carbocycles. The second-order valence-electron chi connectivity index (χ2n) is 6.88. The van der Waals surface area contributed by atoms with Gasteiger partial charge in [-0.05, 0) is 43.6 Å². The summed E-state index contributed by atoms with van der Waals surface area (Å²) in [5, 5.41) is 3.43. The lowest BCUT2D eigenvalue weighted by atomic mass is 10.2. The van der Waals surface area contributed by atoms with Crippen LogP contribution in [0.3, 0.4) is 0 Å². The largest absolute Gasteiger partial charge is 0.466 e. The third-order valence-electron chi connectivity index (χ3n) is 4.82. The van der Waals surface area contributed by atoms with Gasteiger partial charge in [0, 0.05) is 5.80 Å². The first-order valence-corrected chi connectivity index (χ1v) is 10.9. The predicted octanol–water partition coefficient (Wildman–Crippen LogP) is 3.88. The first-order chi connectivity index (χ1) is 13.0. The zero-order valence-corrected chi connectivity index (χ0v) is 17.2. The number of carbonyl (C=O) groups is 1. The van der Waals surface area contributed by atoms with Gasteiger partial charge in [0.2, 0.25) is 0 Å². The average molecular weight is 376 g/mol. The maximum absolute atomic E-state index is 12.5. The first-order valence-electron chi connectivity index (χ1n) is 9.00. The van der Waals surface area contributed by atoms with E-state index in [1.54, 1.807) is 5.80 Å². The standard InChI is InChI=1S/C24H25O2P/c1-18-5-11-21(12-6-18)27(17-24(25)26-4,22-13-7-19(2)8-14-22)23-15-9-20(3)10-16-23/h5-17H,1-4H3. The molecule has 0 heterocycles. The smallest absolute Gasteiger partial charge is 0.331 e. The number of methoxy groups -OCH3 is 1. The van der Waals surface area contributed by atoms with E-state index in [4.69, 9.17) is 4.74 Å². The van der Waals surface area contributed by atoms with Gasteiger partial charge in [-0.15, -0.1) is 0 Å². The maximum atomic E-state index is 12.5. The predicted molar refractivity (Wildman–Crippen MR) is 117 cm³/mol. The lowest BCUT2D eigenvalue weighted by molar-refractivity contribution is -0.132. The molecule has 0 aromatic heterocycles. The summed E-state index contributed by atoms with van der Waals surface area (Å²) in [7, 11) is 1.44. The molecule has 3 rings (SSSR count). The Hall–Kier alpha value is -2.57. The van der Waals surface area contributed by atoms with Crippen LogP contribution in [0.5, 0.6) is 0 Å². The van der Waals surface area contributed by atoms with Crippen molar-refractivity contribution in [2.75, 3.05) is 7.11 Å². The van der Waals surface area contributed by atoms with E-state index in [1.807, 2.05) is 0 Å². The molecule has 0 aliphatic heterocycles. The highest BCUT2D eigenvalue weighted by Crippen LogP contribution is 2.43. The fourth-order valence-corrected chi connectivity index (χ4v) is 6.84. The van der Waals surface area contributed by atoms with Crippen molar-refractivity contribution in [1.82, 2.24) is 0 Å². The third-order valence-corrected chi connectivity index (χ3v) is 8.76. The number of hydrogen-bond donors (Lipinski definition) is 0. The van der Waals surface area contributed by atoms with Gasteiger partial charge in [-0.2, -0.15) is 0 Å².